The summed E-state index contributed by atoms with van der Waals surface area (Å²) in [4.78, 5) is 23.4. The normalized spacial score (nSPS) is 22.9. The van der Waals surface area contributed by atoms with Gasteiger partial charge in [0.25, 0.3) is 5.91 Å². The fraction of sp³-hybridized carbons (Fsp3) is 0.500. The van der Waals surface area contributed by atoms with Crippen molar-refractivity contribution < 1.29 is 9.59 Å². The van der Waals surface area contributed by atoms with E-state index in [-0.39, 0.29) is 36.2 Å². The predicted molar refractivity (Wildman–Crippen MR) is 88.3 cm³/mol. The Bertz CT molecular complexity index is 569. The SMILES string of the molecule is Cl.NC(=O)C1CCC(NC(=O)c2ccc3c(c2)CCN3)CC1. The molecule has 3 rings (SSSR count). The molecule has 1 fully saturated rings. The van der Waals surface area contributed by atoms with E-state index in [9.17, 15) is 9.59 Å². The van der Waals surface area contributed by atoms with E-state index in [0.29, 0.717) is 0 Å². The maximum atomic E-state index is 12.3. The summed E-state index contributed by atoms with van der Waals surface area (Å²) in [7, 11) is 0. The lowest BCUT2D eigenvalue weighted by atomic mass is 9.85. The Morgan fingerprint density at radius 2 is 1.91 bits per heavy atom. The van der Waals surface area contributed by atoms with Gasteiger partial charge in [-0.05, 0) is 55.9 Å². The van der Waals surface area contributed by atoms with Gasteiger partial charge in [-0.25, -0.2) is 0 Å². The average molecular weight is 324 g/mol. The molecule has 0 radical (unpaired) electrons. The molecule has 2 amide bonds. The summed E-state index contributed by atoms with van der Waals surface area (Å²) >= 11 is 0. The lowest BCUT2D eigenvalue weighted by molar-refractivity contribution is -0.122. The molecule has 0 saturated heterocycles. The number of primary amides is 1. The zero-order valence-electron chi connectivity index (χ0n) is 12.4. The summed E-state index contributed by atoms with van der Waals surface area (Å²) in [5, 5.41) is 6.36. The highest BCUT2D eigenvalue weighted by Crippen LogP contribution is 2.25. The van der Waals surface area contributed by atoms with Crippen molar-refractivity contribution in [3.8, 4) is 0 Å². The molecular formula is C16H22ClN3O2. The molecule has 1 saturated carbocycles. The summed E-state index contributed by atoms with van der Waals surface area (Å²) in [5.41, 5.74) is 8.38. The first-order chi connectivity index (χ1) is 10.1. The molecule has 2 aliphatic rings. The van der Waals surface area contributed by atoms with E-state index in [2.05, 4.69) is 10.6 Å². The Labute approximate surface area is 136 Å². The summed E-state index contributed by atoms with van der Waals surface area (Å²) in [5.74, 6) is -0.262. The summed E-state index contributed by atoms with van der Waals surface area (Å²) in [6.07, 6.45) is 4.17. The topological polar surface area (TPSA) is 84.2 Å². The van der Waals surface area contributed by atoms with Gasteiger partial charge in [-0.2, -0.15) is 0 Å². The average Bonchev–Trinajstić information content (AvgIpc) is 2.95. The third-order valence-corrected chi connectivity index (χ3v) is 4.54. The lowest BCUT2D eigenvalue weighted by Crippen LogP contribution is -2.39. The number of carbonyl (C=O) groups is 2. The number of benzene rings is 1. The van der Waals surface area contributed by atoms with Crippen LogP contribution in [0.4, 0.5) is 5.69 Å². The van der Waals surface area contributed by atoms with E-state index in [0.717, 1.165) is 49.9 Å². The molecular weight excluding hydrogens is 302 g/mol. The van der Waals surface area contributed by atoms with Crippen LogP contribution in [0.25, 0.3) is 0 Å². The molecule has 6 heteroatoms. The first-order valence-corrected chi connectivity index (χ1v) is 7.60. The first-order valence-electron chi connectivity index (χ1n) is 7.60. The van der Waals surface area contributed by atoms with Gasteiger partial charge < -0.3 is 16.4 Å². The van der Waals surface area contributed by atoms with Crippen molar-refractivity contribution in [3.63, 3.8) is 0 Å². The Kier molecular flexibility index (Phi) is 5.29. The summed E-state index contributed by atoms with van der Waals surface area (Å²) in [6.45, 7) is 0.942. The number of nitrogens with one attached hydrogen (secondary N) is 2. The molecule has 0 unspecified atom stereocenters. The lowest BCUT2D eigenvalue weighted by Gasteiger charge is -2.27. The second kappa shape index (κ2) is 7.01. The predicted octanol–water partition coefficient (Wildman–Crippen LogP) is 1.85. The van der Waals surface area contributed by atoms with Crippen molar-refractivity contribution in [2.24, 2.45) is 11.7 Å². The Morgan fingerprint density at radius 1 is 1.18 bits per heavy atom. The van der Waals surface area contributed by atoms with Gasteiger partial charge >= 0.3 is 0 Å². The molecule has 1 aromatic rings. The van der Waals surface area contributed by atoms with Crippen LogP contribution < -0.4 is 16.4 Å². The first kappa shape index (κ1) is 16.6. The van der Waals surface area contributed by atoms with Crippen LogP contribution >= 0.6 is 12.4 Å². The fourth-order valence-corrected chi connectivity index (χ4v) is 3.24. The number of fused-ring (bicyclic) bond motifs is 1. The van der Waals surface area contributed by atoms with E-state index >= 15 is 0 Å². The van der Waals surface area contributed by atoms with Gasteiger partial charge in [0, 0.05) is 29.8 Å². The maximum absolute atomic E-state index is 12.3. The van der Waals surface area contributed by atoms with Crippen molar-refractivity contribution in [1.29, 1.82) is 0 Å². The Morgan fingerprint density at radius 3 is 2.59 bits per heavy atom. The van der Waals surface area contributed by atoms with Gasteiger partial charge in [-0.3, -0.25) is 9.59 Å². The highest BCUT2D eigenvalue weighted by Gasteiger charge is 2.26. The molecule has 120 valence electrons. The number of halogens is 1. The quantitative estimate of drug-likeness (QED) is 0.793. The molecule has 1 aliphatic heterocycles. The van der Waals surface area contributed by atoms with Crippen molar-refractivity contribution in [2.75, 3.05) is 11.9 Å². The van der Waals surface area contributed by atoms with Crippen molar-refractivity contribution >= 4 is 29.9 Å². The van der Waals surface area contributed by atoms with Crippen molar-refractivity contribution in [2.45, 2.75) is 38.1 Å². The van der Waals surface area contributed by atoms with Crippen LogP contribution in [0.15, 0.2) is 18.2 Å². The Hall–Kier alpha value is -1.75. The van der Waals surface area contributed by atoms with Crippen LogP contribution in [0.5, 0.6) is 0 Å². The molecule has 0 spiro atoms. The van der Waals surface area contributed by atoms with E-state index in [4.69, 9.17) is 5.73 Å². The zero-order valence-corrected chi connectivity index (χ0v) is 13.2. The molecule has 4 N–H and O–H groups in total. The second-order valence-corrected chi connectivity index (χ2v) is 5.97. The number of nitrogens with two attached hydrogens (primary N) is 1. The summed E-state index contributed by atoms with van der Waals surface area (Å²) < 4.78 is 0. The highest BCUT2D eigenvalue weighted by molar-refractivity contribution is 5.95. The standard InChI is InChI=1S/C16H21N3O2.ClH/c17-15(20)10-1-4-13(5-2-10)19-16(21)12-3-6-14-11(9-12)7-8-18-14;/h3,6,9-10,13,18H,1-2,4-5,7-8H2,(H2,17,20)(H,19,21);1H. The van der Waals surface area contributed by atoms with Gasteiger partial charge in [-0.15, -0.1) is 12.4 Å². The highest BCUT2D eigenvalue weighted by atomic mass is 35.5. The molecule has 5 nitrogen and oxygen atoms in total. The zero-order chi connectivity index (χ0) is 14.8. The molecule has 0 bridgehead atoms. The molecule has 0 atom stereocenters. The van der Waals surface area contributed by atoms with E-state index in [1.807, 2.05) is 18.2 Å². The van der Waals surface area contributed by atoms with Gasteiger partial charge in [0.05, 0.1) is 0 Å². The molecule has 1 heterocycles. The number of carbonyl (C=O) groups excluding carboxylic acids is 2. The molecule has 1 aliphatic carbocycles. The second-order valence-electron chi connectivity index (χ2n) is 5.97. The minimum Gasteiger partial charge on any atom is -0.384 e. The van der Waals surface area contributed by atoms with Gasteiger partial charge in [0.15, 0.2) is 0 Å². The van der Waals surface area contributed by atoms with Gasteiger partial charge in [-0.1, -0.05) is 0 Å². The molecule has 1 aromatic carbocycles. The van der Waals surface area contributed by atoms with Crippen LogP contribution in [0.1, 0.15) is 41.6 Å². The Balaban J connectivity index is 0.00000176. The van der Waals surface area contributed by atoms with E-state index in [1.54, 1.807) is 0 Å². The van der Waals surface area contributed by atoms with Crippen molar-refractivity contribution in [1.82, 2.24) is 5.32 Å². The smallest absolute Gasteiger partial charge is 0.251 e. The van der Waals surface area contributed by atoms with Gasteiger partial charge in [0.2, 0.25) is 5.91 Å². The third-order valence-electron chi connectivity index (χ3n) is 4.54. The number of rotatable bonds is 3. The largest absolute Gasteiger partial charge is 0.384 e. The number of hydrogen-bond acceptors (Lipinski definition) is 3. The molecule has 22 heavy (non-hydrogen) atoms. The van der Waals surface area contributed by atoms with E-state index < -0.39 is 0 Å². The minimum atomic E-state index is -0.217. The summed E-state index contributed by atoms with van der Waals surface area (Å²) in [6, 6.07) is 5.96. The van der Waals surface area contributed by atoms with Crippen LogP contribution in [-0.4, -0.2) is 24.4 Å². The maximum Gasteiger partial charge on any atom is 0.251 e. The molecule has 0 aromatic heterocycles. The number of hydrogen-bond donors (Lipinski definition) is 3. The van der Waals surface area contributed by atoms with Crippen molar-refractivity contribution in [3.05, 3.63) is 29.3 Å². The third kappa shape index (κ3) is 3.53. The van der Waals surface area contributed by atoms with Crippen LogP contribution in [0.3, 0.4) is 0 Å². The van der Waals surface area contributed by atoms with Crippen LogP contribution in [-0.2, 0) is 11.2 Å². The van der Waals surface area contributed by atoms with Crippen LogP contribution in [0.2, 0.25) is 0 Å². The van der Waals surface area contributed by atoms with Crippen LogP contribution in [0, 0.1) is 5.92 Å². The minimum absolute atomic E-state index is 0. The number of anilines is 1. The number of amides is 2. The monoisotopic (exact) mass is 323 g/mol. The van der Waals surface area contributed by atoms with Gasteiger partial charge in [0.1, 0.15) is 0 Å². The van der Waals surface area contributed by atoms with E-state index in [1.165, 1.54) is 5.56 Å². The fourth-order valence-electron chi connectivity index (χ4n) is 3.24.